The van der Waals surface area contributed by atoms with E-state index in [1.807, 2.05) is 78.9 Å². The maximum Gasteiger partial charge on any atom is 0.159 e. The molecule has 5 aromatic heterocycles. The van der Waals surface area contributed by atoms with Gasteiger partial charge in [0.15, 0.2) is 16.7 Å². The van der Waals surface area contributed by atoms with Crippen molar-refractivity contribution < 1.29 is 22.1 Å². The van der Waals surface area contributed by atoms with Gasteiger partial charge in [-0.2, -0.15) is 0 Å². The van der Waals surface area contributed by atoms with Crippen LogP contribution in [0.3, 0.4) is 0 Å². The molecule has 5 heterocycles. The van der Waals surface area contributed by atoms with E-state index in [-0.39, 0.29) is 0 Å². The third-order valence-corrected chi connectivity index (χ3v) is 21.4. The van der Waals surface area contributed by atoms with E-state index < -0.39 is 0 Å². The third kappa shape index (κ3) is 10.1. The number of anilines is 8. The molecule has 0 aliphatic carbocycles. The first-order valence-corrected chi connectivity index (χ1v) is 36.2. The first-order valence-electron chi connectivity index (χ1n) is 34.6. The molecule has 0 aliphatic rings. The fourth-order valence-electron chi connectivity index (χ4n) is 15.5. The predicted octanol–water partition coefficient (Wildman–Crippen LogP) is 29.4. The number of hydrogen-bond donors (Lipinski definition) is 1. The molecule has 0 unspecified atom stereocenters. The molecule has 0 spiro atoms. The molecule has 492 valence electrons. The molecule has 0 radical (unpaired) electrons. The maximum absolute atomic E-state index is 7.16. The van der Waals surface area contributed by atoms with Gasteiger partial charge in [0.05, 0.1) is 28.4 Å². The summed E-state index contributed by atoms with van der Waals surface area (Å²) in [6, 6.07) is 118. The van der Waals surface area contributed by atoms with Crippen LogP contribution in [-0.4, -0.2) is 0 Å². The zero-order chi connectivity index (χ0) is 68.9. The highest BCUT2D eigenvalue weighted by Gasteiger charge is 2.28. The molecule has 0 bridgehead atoms. The van der Waals surface area contributed by atoms with Crippen LogP contribution in [0.2, 0.25) is 0 Å². The van der Waals surface area contributed by atoms with Gasteiger partial charge in [-0.1, -0.05) is 275 Å². The van der Waals surface area contributed by atoms with Crippen LogP contribution in [0.1, 0.15) is 0 Å². The van der Waals surface area contributed by atoms with Gasteiger partial charge in [-0.25, -0.2) is 0 Å². The van der Waals surface area contributed by atoms with E-state index in [0.717, 1.165) is 175 Å². The molecule has 22 rings (SSSR count). The van der Waals surface area contributed by atoms with Crippen molar-refractivity contribution in [3.8, 4) is 0 Å². The van der Waals surface area contributed by atoms with E-state index in [0.29, 0.717) is 0 Å². The van der Waals surface area contributed by atoms with Gasteiger partial charge in [-0.3, -0.25) is 0 Å². The fraction of sp³-hybridized carbons (Fsp3) is 0. The van der Waals surface area contributed by atoms with E-state index in [2.05, 4.69) is 308 Å². The van der Waals surface area contributed by atoms with Gasteiger partial charge in [0.2, 0.25) is 0 Å². The molecule has 0 fully saturated rings. The van der Waals surface area contributed by atoms with Crippen molar-refractivity contribution in [3.05, 3.63) is 349 Å². The van der Waals surface area contributed by atoms with E-state index in [1.165, 1.54) is 32.3 Å². The van der Waals surface area contributed by atoms with Gasteiger partial charge in [0, 0.05) is 103 Å². The Morgan fingerprint density at radius 3 is 0.923 bits per heavy atom. The summed E-state index contributed by atoms with van der Waals surface area (Å²) < 4.78 is 34.8. The summed E-state index contributed by atoms with van der Waals surface area (Å²) in [6.07, 6.45) is 0. The Hall–Kier alpha value is -12.9. The standard InChI is InChI=1S/C56H34N2O3.C20H10Br2O.C18H13NO/c1-3-17-35(18-4-1)57(45-29-15-27-43-39-23-11-13-31-49(39)60-55(43)45)47-33-51-53(41-25-9-7-21-37(41)47)54-42-26-10-8-22-38(42)48(34-52(54)59-51)58(36-19-5-2-6-20-36)46-30-16-28-44-40-24-12-14-32-50(40)61-56(44)46;21-15-9-17-19(13-7-3-1-5-11(13)15)20-14-8-4-2-6-12(14)16(22)10-18(20)23-17;1-2-7-13(8-3-1)19-16-11-6-10-15-14-9-4-5-12-17(14)20-18(15)16/h1-34H;1-10H;1-12,19H. The van der Waals surface area contributed by atoms with Crippen molar-refractivity contribution in [2.75, 3.05) is 15.1 Å². The minimum absolute atomic E-state index is 0.800. The van der Waals surface area contributed by atoms with E-state index >= 15 is 0 Å². The van der Waals surface area contributed by atoms with Gasteiger partial charge in [0.1, 0.15) is 39.1 Å². The highest BCUT2D eigenvalue weighted by molar-refractivity contribution is 9.11. The van der Waals surface area contributed by atoms with Gasteiger partial charge < -0.3 is 37.2 Å². The van der Waals surface area contributed by atoms with Crippen LogP contribution in [0.4, 0.5) is 45.5 Å². The number of hydrogen-bond acceptors (Lipinski definition) is 8. The molecular weight excluding hydrogens is 1410 g/mol. The molecule has 0 amide bonds. The summed E-state index contributed by atoms with van der Waals surface area (Å²) in [7, 11) is 0. The molecule has 0 saturated carbocycles. The molecule has 104 heavy (non-hydrogen) atoms. The van der Waals surface area contributed by atoms with Crippen LogP contribution in [-0.2, 0) is 0 Å². The number of nitrogens with zero attached hydrogens (tertiary/aromatic N) is 2. The number of halogens is 2. The summed E-state index contributed by atoms with van der Waals surface area (Å²) in [4.78, 5) is 4.63. The SMILES string of the molecule is Brc1cc2oc3cc(Br)c4ccccc4c3c2c2ccccc12.c1ccc(N(c2cc3oc4cc(N(c5ccccc5)c5cccc6c5oc5ccccc56)c5ccccc5c4c3c3ccccc23)c2cccc3c2oc2ccccc23)cc1.c1ccc(Nc2cccc3c2oc2ccccc23)cc1. The molecular formula is C94H57Br2N3O5. The smallest absolute Gasteiger partial charge is 0.159 e. The second-order valence-electron chi connectivity index (χ2n) is 26.0. The van der Waals surface area contributed by atoms with E-state index in [4.69, 9.17) is 22.1 Å². The Balaban J connectivity index is 0.000000135. The molecule has 1 N–H and O–H groups in total. The Morgan fingerprint density at radius 2 is 0.510 bits per heavy atom. The van der Waals surface area contributed by atoms with Gasteiger partial charge in [0.25, 0.3) is 0 Å². The van der Waals surface area contributed by atoms with Crippen molar-refractivity contribution in [1.29, 1.82) is 0 Å². The second kappa shape index (κ2) is 25.0. The minimum atomic E-state index is 0.800. The summed E-state index contributed by atoms with van der Waals surface area (Å²) in [5.74, 6) is 0. The van der Waals surface area contributed by atoms with Gasteiger partial charge >= 0.3 is 0 Å². The van der Waals surface area contributed by atoms with Gasteiger partial charge in [-0.15, -0.1) is 0 Å². The highest BCUT2D eigenvalue weighted by atomic mass is 79.9. The maximum atomic E-state index is 7.16. The lowest BCUT2D eigenvalue weighted by atomic mass is 9.96. The topological polar surface area (TPSA) is 84.2 Å². The molecule has 17 aromatic carbocycles. The van der Waals surface area contributed by atoms with Gasteiger partial charge in [-0.05, 0) is 117 Å². The largest absolute Gasteiger partial charge is 0.456 e. The normalized spacial score (nSPS) is 11.8. The average molecular weight is 1470 g/mol. The Kier molecular flexibility index (Phi) is 14.7. The Bertz CT molecular complexity index is 6790. The van der Waals surface area contributed by atoms with Crippen LogP contribution in [0.15, 0.2) is 371 Å². The van der Waals surface area contributed by atoms with Crippen LogP contribution in [0, 0.1) is 0 Å². The average Bonchev–Trinajstić information content (AvgIpc) is 1.45. The van der Waals surface area contributed by atoms with Crippen molar-refractivity contribution in [2.45, 2.75) is 0 Å². The molecule has 0 atom stereocenters. The Morgan fingerprint density at radius 1 is 0.212 bits per heavy atom. The molecule has 8 nitrogen and oxygen atoms in total. The van der Waals surface area contributed by atoms with Crippen molar-refractivity contribution in [2.24, 2.45) is 0 Å². The lowest BCUT2D eigenvalue weighted by Gasteiger charge is -2.27. The predicted molar refractivity (Wildman–Crippen MR) is 440 cm³/mol. The lowest BCUT2D eigenvalue weighted by molar-refractivity contribution is 0.667. The monoisotopic (exact) mass is 1470 g/mol. The van der Waals surface area contributed by atoms with Crippen LogP contribution in [0.25, 0.3) is 153 Å². The van der Waals surface area contributed by atoms with Crippen LogP contribution >= 0.6 is 31.9 Å². The van der Waals surface area contributed by atoms with Crippen molar-refractivity contribution in [3.63, 3.8) is 0 Å². The number of fused-ring (bicyclic) bond motifs is 23. The van der Waals surface area contributed by atoms with E-state index in [9.17, 15) is 0 Å². The van der Waals surface area contributed by atoms with Crippen LogP contribution in [0.5, 0.6) is 0 Å². The quantitative estimate of drug-likeness (QED) is 0.161. The zero-order valence-corrected chi connectivity index (χ0v) is 58.7. The second-order valence-corrected chi connectivity index (χ2v) is 27.7. The third-order valence-electron chi connectivity index (χ3n) is 20.0. The molecule has 0 aliphatic heterocycles. The molecule has 10 heteroatoms. The fourth-order valence-corrected chi connectivity index (χ4v) is 16.7. The number of furan rings is 5. The summed E-state index contributed by atoms with van der Waals surface area (Å²) >= 11 is 7.34. The van der Waals surface area contributed by atoms with Crippen molar-refractivity contribution >= 4 is 230 Å². The number of rotatable bonds is 8. The highest BCUT2D eigenvalue weighted by Crippen LogP contribution is 2.52. The number of benzene rings is 17. The zero-order valence-electron chi connectivity index (χ0n) is 55.5. The Labute approximate surface area is 611 Å². The number of nitrogens with one attached hydrogen (secondary N) is 1. The first-order chi connectivity index (χ1) is 51.4. The van der Waals surface area contributed by atoms with Crippen molar-refractivity contribution in [1.82, 2.24) is 0 Å². The summed E-state index contributed by atoms with van der Waals surface area (Å²) in [6.45, 7) is 0. The molecule has 22 aromatic rings. The lowest BCUT2D eigenvalue weighted by Crippen LogP contribution is -2.11. The summed E-state index contributed by atoms with van der Waals surface area (Å²) in [5, 5.41) is 23.8. The molecule has 0 saturated heterocycles. The number of para-hydroxylation sites is 9. The van der Waals surface area contributed by atoms with Crippen LogP contribution < -0.4 is 15.1 Å². The first kappa shape index (κ1) is 61.0. The van der Waals surface area contributed by atoms with E-state index in [1.54, 1.807) is 0 Å². The summed E-state index contributed by atoms with van der Waals surface area (Å²) in [5.41, 5.74) is 16.6. The minimum Gasteiger partial charge on any atom is -0.456 e.